The lowest BCUT2D eigenvalue weighted by Crippen LogP contribution is -2.46. The molecule has 0 rings (SSSR count). The summed E-state index contributed by atoms with van der Waals surface area (Å²) < 4.78 is -0.0918. The highest BCUT2D eigenvalue weighted by atomic mass is 32.2. The van der Waals surface area contributed by atoms with Crippen molar-refractivity contribution in [3.05, 3.63) is 0 Å². The molecule has 0 aromatic carbocycles. The molecule has 3 nitrogen and oxygen atoms in total. The molecular weight excluding hydrogens is 330 g/mol. The molecule has 0 aromatic rings. The van der Waals surface area contributed by atoms with E-state index in [0.29, 0.717) is 5.92 Å². The number of rotatable bonds is 12. The summed E-state index contributed by atoms with van der Waals surface area (Å²) in [5.74, 6) is 0.718. The first kappa shape index (κ1) is 24.8. The van der Waals surface area contributed by atoms with E-state index in [2.05, 4.69) is 41.5 Å². The molecule has 4 heteroatoms. The van der Waals surface area contributed by atoms with Crippen LogP contribution in [0.4, 0.5) is 0 Å². The maximum absolute atomic E-state index is 13.2. The molecule has 0 aliphatic carbocycles. The number of amides is 1. The predicted octanol–water partition coefficient (Wildman–Crippen LogP) is 5.56. The van der Waals surface area contributed by atoms with E-state index in [1.165, 1.54) is 0 Å². The first-order chi connectivity index (χ1) is 11.5. The van der Waals surface area contributed by atoms with Crippen molar-refractivity contribution in [3.8, 4) is 0 Å². The molecule has 0 aromatic heterocycles. The number of carbonyl (C=O) groups excluding carboxylic acids is 1. The molecule has 0 saturated heterocycles. The highest BCUT2D eigenvalue weighted by Gasteiger charge is 2.45. The quantitative estimate of drug-likeness (QED) is 0.455. The summed E-state index contributed by atoms with van der Waals surface area (Å²) in [6, 6.07) is 0. The van der Waals surface area contributed by atoms with Crippen molar-refractivity contribution in [2.24, 2.45) is 17.3 Å². The van der Waals surface area contributed by atoms with Gasteiger partial charge in [0.25, 0.3) is 0 Å². The van der Waals surface area contributed by atoms with Crippen LogP contribution in [0.2, 0.25) is 0 Å². The second-order valence-corrected chi connectivity index (χ2v) is 10.3. The third-order valence-electron chi connectivity index (χ3n) is 6.18. The molecule has 0 spiro atoms. The van der Waals surface area contributed by atoms with Crippen LogP contribution in [0.15, 0.2) is 0 Å². The van der Waals surface area contributed by atoms with Gasteiger partial charge in [-0.2, -0.15) is 0 Å². The lowest BCUT2D eigenvalue weighted by Gasteiger charge is -2.46. The van der Waals surface area contributed by atoms with Gasteiger partial charge in [-0.25, -0.2) is 0 Å². The van der Waals surface area contributed by atoms with Gasteiger partial charge in [-0.1, -0.05) is 60.8 Å². The van der Waals surface area contributed by atoms with Crippen molar-refractivity contribution in [1.29, 1.82) is 0 Å². The Kier molecular flexibility index (Phi) is 10.7. The monoisotopic (exact) mass is 373 g/mol. The van der Waals surface area contributed by atoms with Crippen LogP contribution < -0.4 is 0 Å². The van der Waals surface area contributed by atoms with Crippen LogP contribution in [-0.2, 0) is 4.79 Å². The Hall–Kier alpha value is -0.220. The van der Waals surface area contributed by atoms with E-state index in [9.17, 15) is 9.90 Å². The molecule has 1 N–H and O–H groups in total. The number of aliphatic hydroxyl groups excluding tert-OH is 1. The zero-order valence-corrected chi connectivity index (χ0v) is 19.0. The minimum absolute atomic E-state index is 0.0121. The number of nitrogens with zero attached hydrogens (tertiary/aromatic N) is 1. The number of hydrogen-bond donors (Lipinski definition) is 1. The molecule has 0 saturated carbocycles. The van der Waals surface area contributed by atoms with Crippen LogP contribution in [0, 0.1) is 17.3 Å². The average Bonchev–Trinajstić information content (AvgIpc) is 2.55. The molecule has 0 radical (unpaired) electrons. The van der Waals surface area contributed by atoms with Crippen LogP contribution in [0.25, 0.3) is 0 Å². The zero-order valence-electron chi connectivity index (χ0n) is 18.2. The molecular formula is C21H43NO2S. The molecule has 0 aliphatic rings. The van der Waals surface area contributed by atoms with Gasteiger partial charge in [0.2, 0.25) is 5.91 Å². The topological polar surface area (TPSA) is 40.5 Å². The number of aliphatic hydroxyl groups is 1. The minimum Gasteiger partial charge on any atom is -0.383 e. The average molecular weight is 374 g/mol. The summed E-state index contributed by atoms with van der Waals surface area (Å²) in [5, 5.41) is 9.95. The van der Waals surface area contributed by atoms with Crippen LogP contribution in [0.5, 0.6) is 0 Å². The third kappa shape index (κ3) is 7.13. The fourth-order valence-electron chi connectivity index (χ4n) is 3.82. The zero-order chi connectivity index (χ0) is 19.8. The molecule has 1 amide bonds. The maximum atomic E-state index is 13.2. The Morgan fingerprint density at radius 2 is 1.72 bits per heavy atom. The molecule has 0 bridgehead atoms. The van der Waals surface area contributed by atoms with E-state index >= 15 is 0 Å². The molecule has 5 unspecified atom stereocenters. The van der Waals surface area contributed by atoms with Gasteiger partial charge in [0, 0.05) is 24.8 Å². The Morgan fingerprint density at radius 1 is 1.16 bits per heavy atom. The summed E-state index contributed by atoms with van der Waals surface area (Å²) in [6.45, 7) is 15.3. The Bertz CT molecular complexity index is 399. The molecule has 0 heterocycles. The van der Waals surface area contributed by atoms with Crippen LogP contribution in [0.3, 0.4) is 0 Å². The van der Waals surface area contributed by atoms with E-state index in [4.69, 9.17) is 0 Å². The van der Waals surface area contributed by atoms with Gasteiger partial charge in [-0.3, -0.25) is 4.79 Å². The number of hydrogen-bond acceptors (Lipinski definition) is 3. The van der Waals surface area contributed by atoms with Gasteiger partial charge in [0.1, 0.15) is 0 Å². The van der Waals surface area contributed by atoms with Crippen molar-refractivity contribution in [3.63, 3.8) is 0 Å². The molecule has 150 valence electrons. The van der Waals surface area contributed by atoms with Gasteiger partial charge in [-0.05, 0) is 37.5 Å². The smallest absolute Gasteiger partial charge is 0.225 e. The predicted molar refractivity (Wildman–Crippen MR) is 112 cm³/mol. The first-order valence-electron chi connectivity index (χ1n) is 10.0. The summed E-state index contributed by atoms with van der Waals surface area (Å²) in [4.78, 5) is 15.0. The molecule has 5 atom stereocenters. The van der Waals surface area contributed by atoms with Gasteiger partial charge >= 0.3 is 0 Å². The van der Waals surface area contributed by atoms with E-state index in [-0.39, 0.29) is 22.0 Å². The lowest BCUT2D eigenvalue weighted by molar-refractivity contribution is -0.140. The SMILES string of the molecule is CCCCC(C)(C(C)CC)C(CC(C)(CC)SC(C)O)C(=O)N(C)C. The largest absolute Gasteiger partial charge is 0.383 e. The van der Waals surface area contributed by atoms with Crippen LogP contribution in [-0.4, -0.2) is 40.2 Å². The molecule has 25 heavy (non-hydrogen) atoms. The van der Waals surface area contributed by atoms with E-state index in [1.807, 2.05) is 21.0 Å². The van der Waals surface area contributed by atoms with Crippen molar-refractivity contribution in [2.75, 3.05) is 14.1 Å². The minimum atomic E-state index is -0.412. The molecule has 0 aliphatic heterocycles. The first-order valence-corrected chi connectivity index (χ1v) is 10.9. The Morgan fingerprint density at radius 3 is 2.08 bits per heavy atom. The highest BCUT2D eigenvalue weighted by molar-refractivity contribution is 8.01. The van der Waals surface area contributed by atoms with Gasteiger partial charge < -0.3 is 10.0 Å². The van der Waals surface area contributed by atoms with Crippen molar-refractivity contribution in [1.82, 2.24) is 4.90 Å². The van der Waals surface area contributed by atoms with Crippen molar-refractivity contribution >= 4 is 17.7 Å². The number of thioether (sulfide) groups is 1. The van der Waals surface area contributed by atoms with Gasteiger partial charge in [0.15, 0.2) is 0 Å². The lowest BCUT2D eigenvalue weighted by atomic mass is 9.62. The Balaban J connectivity index is 5.89. The maximum Gasteiger partial charge on any atom is 0.225 e. The fourth-order valence-corrected chi connectivity index (χ4v) is 5.07. The summed E-state index contributed by atoms with van der Waals surface area (Å²) in [6.07, 6.45) is 6.25. The standard InChI is InChI=1S/C21H43NO2S/c1-10-13-14-21(7,16(4)11-2)18(19(24)22(8)9)15-20(6,12-3)25-17(5)23/h16-18,23H,10-15H2,1-9H3. The fraction of sp³-hybridized carbons (Fsp3) is 0.952. The summed E-state index contributed by atoms with van der Waals surface area (Å²) >= 11 is 1.60. The summed E-state index contributed by atoms with van der Waals surface area (Å²) in [7, 11) is 3.74. The van der Waals surface area contributed by atoms with E-state index in [0.717, 1.165) is 38.5 Å². The Labute approximate surface area is 161 Å². The van der Waals surface area contributed by atoms with Crippen LogP contribution >= 0.6 is 11.8 Å². The van der Waals surface area contributed by atoms with Crippen molar-refractivity contribution in [2.45, 2.75) is 97.2 Å². The van der Waals surface area contributed by atoms with Crippen molar-refractivity contribution < 1.29 is 9.90 Å². The summed E-state index contributed by atoms with van der Waals surface area (Å²) in [5.41, 5.74) is -0.424. The van der Waals surface area contributed by atoms with E-state index in [1.54, 1.807) is 16.7 Å². The second kappa shape index (κ2) is 10.8. The van der Waals surface area contributed by atoms with Crippen LogP contribution in [0.1, 0.15) is 87.0 Å². The number of unbranched alkanes of at least 4 members (excludes halogenated alkanes) is 1. The van der Waals surface area contributed by atoms with Gasteiger partial charge in [-0.15, -0.1) is 11.8 Å². The molecule has 0 fully saturated rings. The highest BCUT2D eigenvalue weighted by Crippen LogP contribution is 2.49. The third-order valence-corrected chi connectivity index (χ3v) is 7.55. The number of carbonyl (C=O) groups is 1. The second-order valence-electron chi connectivity index (χ2n) is 8.43. The van der Waals surface area contributed by atoms with E-state index < -0.39 is 5.44 Å². The normalized spacial score (nSPS) is 20.2. The van der Waals surface area contributed by atoms with Gasteiger partial charge in [0.05, 0.1) is 5.44 Å².